The van der Waals surface area contributed by atoms with Crippen molar-refractivity contribution < 1.29 is 26.3 Å². The summed E-state index contributed by atoms with van der Waals surface area (Å²) in [6.45, 7) is 7.78. The van der Waals surface area contributed by atoms with E-state index in [1.165, 1.54) is 0 Å². The minimum absolute atomic E-state index is 0.661. The van der Waals surface area contributed by atoms with Crippen LogP contribution in [0.1, 0.15) is 20.8 Å². The minimum atomic E-state index is -1.40. The second-order valence-electron chi connectivity index (χ2n) is 1.55. The summed E-state index contributed by atoms with van der Waals surface area (Å²) in [4.78, 5) is 0. The van der Waals surface area contributed by atoms with Crippen LogP contribution < -0.4 is 0 Å². The molecule has 0 aromatic heterocycles. The summed E-state index contributed by atoms with van der Waals surface area (Å²) in [5.74, 6) is 0. The fourth-order valence-corrected chi connectivity index (χ4v) is 1.44. The van der Waals surface area contributed by atoms with Crippen molar-refractivity contribution in [2.75, 3.05) is 19.8 Å². The maximum absolute atomic E-state index is 5.18. The van der Waals surface area contributed by atoms with E-state index in [9.17, 15) is 0 Å². The Morgan fingerprint density at radius 2 is 1.17 bits per heavy atom. The van der Waals surface area contributed by atoms with Crippen molar-refractivity contribution in [1.82, 2.24) is 0 Å². The molecule has 0 heterocycles. The van der Waals surface area contributed by atoms with E-state index < -0.39 is 8.60 Å². The average Bonchev–Trinajstić information content (AvgIpc) is 2.10. The Morgan fingerprint density at radius 1 is 0.917 bits per heavy atom. The average molecular weight is 358 g/mol. The van der Waals surface area contributed by atoms with E-state index in [0.717, 1.165) is 0 Å². The monoisotopic (exact) mass is 357 g/mol. The first-order valence-electron chi connectivity index (χ1n) is 3.71. The third-order valence-corrected chi connectivity index (χ3v) is 2.36. The Labute approximate surface area is 95.5 Å². The first-order valence-corrected chi connectivity index (χ1v) is 7.98. The van der Waals surface area contributed by atoms with Gasteiger partial charge in [0.1, 0.15) is 0 Å². The third kappa shape index (κ3) is 11.6. The molecule has 0 saturated carbocycles. The van der Waals surface area contributed by atoms with Crippen molar-refractivity contribution in [3.8, 4) is 0 Å². The zero-order valence-corrected chi connectivity index (χ0v) is 11.6. The quantitative estimate of drug-likeness (QED) is 0.416. The molecule has 0 aromatic rings. The van der Waals surface area contributed by atoms with E-state index in [1.54, 1.807) is 20.3 Å². The van der Waals surface area contributed by atoms with Crippen LogP contribution >= 0.6 is 28.9 Å². The van der Waals surface area contributed by atoms with Crippen LogP contribution in [0.3, 0.4) is 0 Å². The third-order valence-electron chi connectivity index (χ3n) is 0.787. The topological polar surface area (TPSA) is 27.7 Å². The van der Waals surface area contributed by atoms with Crippen molar-refractivity contribution >= 4 is 28.9 Å². The Balaban J connectivity index is 0. The molecule has 0 N–H and O–H groups in total. The molecule has 0 amide bonds. The Bertz CT molecular complexity index is 65.5. The molecular formula is C6H16CuIO3P+. The molecule has 0 atom stereocenters. The number of hydrogen-bond acceptors (Lipinski definition) is 3. The number of rotatable bonds is 6. The Morgan fingerprint density at radius 3 is 1.33 bits per heavy atom. The summed E-state index contributed by atoms with van der Waals surface area (Å²) in [5, 5.41) is 0. The molecule has 80 valence electrons. The molecule has 0 fully saturated rings. The predicted molar refractivity (Wildman–Crippen MR) is 57.2 cm³/mol. The molecule has 3 nitrogen and oxygen atoms in total. The van der Waals surface area contributed by atoms with Gasteiger partial charge in [0, 0.05) is 0 Å². The molecule has 0 bridgehead atoms. The maximum atomic E-state index is 5.18. The Kier molecular flexibility index (Phi) is 20.1. The van der Waals surface area contributed by atoms with Crippen LogP contribution in [0.25, 0.3) is 0 Å². The van der Waals surface area contributed by atoms with Crippen LogP contribution in [0.2, 0.25) is 0 Å². The fourth-order valence-electron chi connectivity index (χ4n) is 0.479. The van der Waals surface area contributed by atoms with Gasteiger partial charge in [0.05, 0.1) is 19.8 Å². The van der Waals surface area contributed by atoms with Gasteiger partial charge < -0.3 is 0 Å². The molecule has 0 saturated heterocycles. The normalized spacial score (nSPS) is 9.58. The van der Waals surface area contributed by atoms with E-state index in [2.05, 4.69) is 12.8 Å². The van der Waals surface area contributed by atoms with Gasteiger partial charge in [0.15, 0.2) is 0 Å². The van der Waals surface area contributed by atoms with Crippen molar-refractivity contribution in [1.29, 1.82) is 0 Å². The second kappa shape index (κ2) is 15.1. The van der Waals surface area contributed by atoms with Crippen LogP contribution in [-0.2, 0) is 26.3 Å². The molecule has 0 aliphatic carbocycles. The van der Waals surface area contributed by atoms with E-state index in [-0.39, 0.29) is 0 Å². The van der Waals surface area contributed by atoms with Crippen LogP contribution in [-0.4, -0.2) is 19.8 Å². The van der Waals surface area contributed by atoms with Crippen molar-refractivity contribution in [2.45, 2.75) is 20.8 Å². The van der Waals surface area contributed by atoms with E-state index in [4.69, 9.17) is 13.6 Å². The van der Waals surface area contributed by atoms with Gasteiger partial charge in [-0.2, -0.15) is 13.6 Å². The number of hydrogen-bond donors (Lipinski definition) is 0. The number of halogens is 1. The molecule has 0 aliphatic rings. The molecule has 0 rings (SSSR count). The molecule has 0 spiro atoms. The zero-order valence-electron chi connectivity index (χ0n) is 7.53. The summed E-state index contributed by atoms with van der Waals surface area (Å²) in [6.07, 6.45) is 0. The van der Waals surface area contributed by atoms with Crippen molar-refractivity contribution in [2.24, 2.45) is 0 Å². The predicted octanol–water partition coefficient (Wildman–Crippen LogP) is 2.94. The van der Waals surface area contributed by atoms with Gasteiger partial charge >= 0.3 is 41.7 Å². The standard InChI is InChI=1S/C6H16O3P.Cu.HI/c1-4-7-10(8-5-2)9-6-3;;/h10H,4-6H2,1-3H3;;1H/q2*+1;/p-1. The summed E-state index contributed by atoms with van der Waals surface area (Å²) in [6, 6.07) is 0. The molecule has 0 aromatic carbocycles. The second-order valence-corrected chi connectivity index (χ2v) is 2.92. The van der Waals surface area contributed by atoms with E-state index in [0.29, 0.717) is 19.8 Å². The van der Waals surface area contributed by atoms with Crippen LogP contribution in [0.4, 0.5) is 0 Å². The van der Waals surface area contributed by atoms with Crippen LogP contribution in [0, 0.1) is 0 Å². The van der Waals surface area contributed by atoms with Gasteiger partial charge in [-0.3, -0.25) is 0 Å². The van der Waals surface area contributed by atoms with E-state index >= 15 is 0 Å². The summed E-state index contributed by atoms with van der Waals surface area (Å²) >= 11 is 5.87. The summed E-state index contributed by atoms with van der Waals surface area (Å²) in [7, 11) is -1.40. The zero-order chi connectivity index (χ0) is 9.82. The first kappa shape index (κ1) is 16.0. The summed E-state index contributed by atoms with van der Waals surface area (Å²) < 4.78 is 15.5. The first-order chi connectivity index (χ1) is 5.85. The molecular weight excluding hydrogens is 341 g/mol. The van der Waals surface area contributed by atoms with E-state index in [1.807, 2.05) is 20.8 Å². The van der Waals surface area contributed by atoms with Crippen LogP contribution in [0.15, 0.2) is 0 Å². The van der Waals surface area contributed by atoms with Gasteiger partial charge in [-0.25, -0.2) is 0 Å². The van der Waals surface area contributed by atoms with Gasteiger partial charge in [0.25, 0.3) is 0 Å². The van der Waals surface area contributed by atoms with Crippen molar-refractivity contribution in [3.63, 3.8) is 0 Å². The molecule has 0 aliphatic heterocycles. The molecule has 0 unspecified atom stereocenters. The van der Waals surface area contributed by atoms with Gasteiger partial charge in [0.2, 0.25) is 0 Å². The van der Waals surface area contributed by atoms with Crippen molar-refractivity contribution in [3.05, 3.63) is 0 Å². The molecule has 0 radical (unpaired) electrons. The molecule has 12 heavy (non-hydrogen) atoms. The Hall–Kier alpha value is 1.56. The van der Waals surface area contributed by atoms with Gasteiger partial charge in [-0.15, -0.1) is 0 Å². The molecule has 6 heteroatoms. The van der Waals surface area contributed by atoms with Gasteiger partial charge in [-0.05, 0) is 20.8 Å². The van der Waals surface area contributed by atoms with Crippen LogP contribution in [0.5, 0.6) is 0 Å². The van der Waals surface area contributed by atoms with Gasteiger partial charge in [-0.1, -0.05) is 0 Å². The SMILES string of the molecule is CCO[PH+](OCC)OCC.[Cu][I]. The fraction of sp³-hybridized carbons (Fsp3) is 1.00. The summed E-state index contributed by atoms with van der Waals surface area (Å²) in [5.41, 5.74) is 0.